The van der Waals surface area contributed by atoms with Crippen LogP contribution < -0.4 is 5.32 Å². The first-order valence-corrected chi connectivity index (χ1v) is 8.25. The molecule has 0 spiro atoms. The fourth-order valence-electron chi connectivity index (χ4n) is 2.56. The molecule has 0 heterocycles. The molecule has 0 aromatic heterocycles. The van der Waals surface area contributed by atoms with E-state index in [1.54, 1.807) is 0 Å². The molecule has 1 aromatic rings. The number of nitrogens with zero attached hydrogens (tertiary/aromatic N) is 2. The summed E-state index contributed by atoms with van der Waals surface area (Å²) in [4.78, 5) is 4.76. The zero-order valence-corrected chi connectivity index (χ0v) is 14.7. The summed E-state index contributed by atoms with van der Waals surface area (Å²) in [5.41, 5.74) is 1.20. The van der Waals surface area contributed by atoms with E-state index in [0.717, 1.165) is 37.6 Å². The maximum absolute atomic E-state index is 6.31. The summed E-state index contributed by atoms with van der Waals surface area (Å²) >= 11 is 6.31. The van der Waals surface area contributed by atoms with Crippen LogP contribution in [0.25, 0.3) is 0 Å². The summed E-state index contributed by atoms with van der Waals surface area (Å²) in [7, 11) is 6.27. The van der Waals surface area contributed by atoms with Crippen molar-refractivity contribution in [2.75, 3.05) is 47.3 Å². The second-order valence-corrected chi connectivity index (χ2v) is 6.15. The van der Waals surface area contributed by atoms with E-state index in [1.807, 2.05) is 19.2 Å². The van der Waals surface area contributed by atoms with Crippen LogP contribution in [0.5, 0.6) is 0 Å². The van der Waals surface area contributed by atoms with Gasteiger partial charge in [0.2, 0.25) is 0 Å². The summed E-state index contributed by atoms with van der Waals surface area (Å²) in [6.45, 7) is 6.75. The quantitative estimate of drug-likeness (QED) is 0.715. The minimum Gasteiger partial charge on any atom is -0.313 e. The summed E-state index contributed by atoms with van der Waals surface area (Å²) in [5.74, 6) is 0. The molecule has 0 radical (unpaired) electrons. The Bertz CT molecular complexity index is 395. The normalized spacial score (nSPS) is 13.1. The molecule has 0 aliphatic heterocycles. The van der Waals surface area contributed by atoms with Crippen LogP contribution in [-0.2, 0) is 0 Å². The van der Waals surface area contributed by atoms with Gasteiger partial charge in [0.1, 0.15) is 0 Å². The van der Waals surface area contributed by atoms with E-state index < -0.39 is 0 Å². The molecular formula is C17H30ClN3. The molecule has 0 amide bonds. The van der Waals surface area contributed by atoms with E-state index in [-0.39, 0.29) is 0 Å². The molecule has 3 nitrogen and oxygen atoms in total. The predicted molar refractivity (Wildman–Crippen MR) is 93.2 cm³/mol. The zero-order chi connectivity index (χ0) is 15.7. The highest BCUT2D eigenvalue weighted by atomic mass is 35.5. The van der Waals surface area contributed by atoms with E-state index in [9.17, 15) is 0 Å². The zero-order valence-electron chi connectivity index (χ0n) is 13.9. The lowest BCUT2D eigenvalue weighted by molar-refractivity contribution is 0.253. The van der Waals surface area contributed by atoms with E-state index in [0.29, 0.717) is 6.04 Å². The van der Waals surface area contributed by atoms with Crippen molar-refractivity contribution in [2.24, 2.45) is 0 Å². The average molecular weight is 312 g/mol. The first-order valence-electron chi connectivity index (χ1n) is 7.87. The summed E-state index contributed by atoms with van der Waals surface area (Å²) in [5, 5.41) is 4.25. The summed E-state index contributed by atoms with van der Waals surface area (Å²) in [6.07, 6.45) is 2.30. The lowest BCUT2D eigenvalue weighted by Gasteiger charge is -2.25. The third-order valence-electron chi connectivity index (χ3n) is 3.89. The van der Waals surface area contributed by atoms with Crippen LogP contribution in [0.15, 0.2) is 24.3 Å². The molecule has 0 saturated heterocycles. The highest BCUT2D eigenvalue weighted by Gasteiger charge is 2.13. The Balaban J connectivity index is 2.47. The van der Waals surface area contributed by atoms with Gasteiger partial charge in [0.15, 0.2) is 0 Å². The van der Waals surface area contributed by atoms with Gasteiger partial charge in [0, 0.05) is 11.1 Å². The van der Waals surface area contributed by atoms with Gasteiger partial charge in [0.05, 0.1) is 0 Å². The Kier molecular flexibility index (Phi) is 8.93. The van der Waals surface area contributed by atoms with Crippen LogP contribution in [0, 0.1) is 0 Å². The van der Waals surface area contributed by atoms with E-state index in [2.05, 4.69) is 48.3 Å². The third kappa shape index (κ3) is 6.79. The smallest absolute Gasteiger partial charge is 0.0453 e. The van der Waals surface area contributed by atoms with Crippen LogP contribution in [0.4, 0.5) is 0 Å². The van der Waals surface area contributed by atoms with Crippen molar-refractivity contribution in [3.05, 3.63) is 34.9 Å². The van der Waals surface area contributed by atoms with Crippen molar-refractivity contribution in [1.29, 1.82) is 0 Å². The van der Waals surface area contributed by atoms with Crippen LogP contribution >= 0.6 is 11.6 Å². The van der Waals surface area contributed by atoms with Crippen molar-refractivity contribution in [3.63, 3.8) is 0 Å². The Hall–Kier alpha value is -0.610. The molecule has 120 valence electrons. The van der Waals surface area contributed by atoms with Crippen molar-refractivity contribution in [2.45, 2.75) is 25.8 Å². The van der Waals surface area contributed by atoms with Crippen molar-refractivity contribution < 1.29 is 0 Å². The number of rotatable bonds is 10. The second kappa shape index (κ2) is 10.2. The Morgan fingerprint density at radius 2 is 1.86 bits per heavy atom. The SMILES string of the molecule is CCN(CCCN(C)C)CCC(NC)c1ccccc1Cl. The Labute approximate surface area is 135 Å². The second-order valence-electron chi connectivity index (χ2n) is 5.74. The van der Waals surface area contributed by atoms with Crippen molar-refractivity contribution in [3.8, 4) is 0 Å². The summed E-state index contributed by atoms with van der Waals surface area (Å²) < 4.78 is 0. The van der Waals surface area contributed by atoms with Gasteiger partial charge in [-0.2, -0.15) is 0 Å². The topological polar surface area (TPSA) is 18.5 Å². The fraction of sp³-hybridized carbons (Fsp3) is 0.647. The fourth-order valence-corrected chi connectivity index (χ4v) is 2.83. The van der Waals surface area contributed by atoms with Crippen LogP contribution in [-0.4, -0.2) is 57.1 Å². The van der Waals surface area contributed by atoms with Crippen LogP contribution in [0.1, 0.15) is 31.4 Å². The summed E-state index contributed by atoms with van der Waals surface area (Å²) in [6, 6.07) is 8.45. The molecule has 0 aliphatic rings. The minimum absolute atomic E-state index is 0.321. The highest BCUT2D eigenvalue weighted by Crippen LogP contribution is 2.24. The first kappa shape index (κ1) is 18.4. The van der Waals surface area contributed by atoms with Crippen molar-refractivity contribution in [1.82, 2.24) is 15.1 Å². The molecule has 0 aliphatic carbocycles. The number of halogens is 1. The highest BCUT2D eigenvalue weighted by molar-refractivity contribution is 6.31. The molecule has 1 N–H and O–H groups in total. The molecule has 1 atom stereocenters. The molecule has 0 saturated carbocycles. The Morgan fingerprint density at radius 3 is 2.43 bits per heavy atom. The number of benzene rings is 1. The largest absolute Gasteiger partial charge is 0.313 e. The molecule has 1 rings (SSSR count). The number of hydrogen-bond donors (Lipinski definition) is 1. The van der Waals surface area contributed by atoms with Crippen LogP contribution in [0.2, 0.25) is 5.02 Å². The lowest BCUT2D eigenvalue weighted by Crippen LogP contribution is -2.31. The maximum atomic E-state index is 6.31. The van der Waals surface area contributed by atoms with E-state index in [4.69, 9.17) is 11.6 Å². The molecular weight excluding hydrogens is 282 g/mol. The number of hydrogen-bond acceptors (Lipinski definition) is 3. The van der Waals surface area contributed by atoms with Gasteiger partial charge < -0.3 is 15.1 Å². The van der Waals surface area contributed by atoms with Gasteiger partial charge in [0.25, 0.3) is 0 Å². The monoisotopic (exact) mass is 311 g/mol. The lowest BCUT2D eigenvalue weighted by atomic mass is 10.0. The van der Waals surface area contributed by atoms with Crippen molar-refractivity contribution >= 4 is 11.6 Å². The molecule has 1 aromatic carbocycles. The van der Waals surface area contributed by atoms with E-state index >= 15 is 0 Å². The predicted octanol–water partition coefficient (Wildman–Crippen LogP) is 3.26. The average Bonchev–Trinajstić information content (AvgIpc) is 2.47. The van der Waals surface area contributed by atoms with Gasteiger partial charge in [-0.15, -0.1) is 0 Å². The maximum Gasteiger partial charge on any atom is 0.0453 e. The molecule has 0 bridgehead atoms. The van der Waals surface area contributed by atoms with E-state index in [1.165, 1.54) is 12.0 Å². The molecule has 21 heavy (non-hydrogen) atoms. The van der Waals surface area contributed by atoms with Crippen LogP contribution in [0.3, 0.4) is 0 Å². The van der Waals surface area contributed by atoms with Gasteiger partial charge in [-0.3, -0.25) is 0 Å². The standard InChI is InChI=1S/C17H30ClN3/c1-5-21(13-8-12-20(3)4)14-11-17(19-2)15-9-6-7-10-16(15)18/h6-7,9-10,17,19H,5,8,11-14H2,1-4H3. The minimum atomic E-state index is 0.321. The van der Waals surface area contributed by atoms with Gasteiger partial charge in [-0.25, -0.2) is 0 Å². The van der Waals surface area contributed by atoms with Gasteiger partial charge >= 0.3 is 0 Å². The molecule has 1 unspecified atom stereocenters. The van der Waals surface area contributed by atoms with Gasteiger partial charge in [-0.1, -0.05) is 36.7 Å². The first-order chi connectivity index (χ1) is 10.1. The Morgan fingerprint density at radius 1 is 1.14 bits per heavy atom. The molecule has 0 fully saturated rings. The number of nitrogens with one attached hydrogen (secondary N) is 1. The molecule has 4 heteroatoms. The third-order valence-corrected chi connectivity index (χ3v) is 4.23. The van der Waals surface area contributed by atoms with Gasteiger partial charge in [-0.05, 0) is 71.8 Å².